The van der Waals surface area contributed by atoms with Crippen LogP contribution >= 0.6 is 11.8 Å². The molecule has 11 heteroatoms. The van der Waals surface area contributed by atoms with Crippen molar-refractivity contribution in [3.63, 3.8) is 0 Å². The van der Waals surface area contributed by atoms with Crippen molar-refractivity contribution in [2.45, 2.75) is 42.8 Å². The minimum atomic E-state index is -0.790. The van der Waals surface area contributed by atoms with Crippen molar-refractivity contribution in [3.8, 4) is 0 Å². The Kier molecular flexibility index (Phi) is 6.26. The molecule has 33 heavy (non-hydrogen) atoms. The van der Waals surface area contributed by atoms with E-state index in [1.165, 1.54) is 18.7 Å². The Labute approximate surface area is 193 Å². The van der Waals surface area contributed by atoms with Crippen LogP contribution in [0.1, 0.15) is 30.1 Å². The number of thioether (sulfide) groups is 1. The summed E-state index contributed by atoms with van der Waals surface area (Å²) in [6, 6.07) is 7.02. The Hall–Kier alpha value is -3.18. The molecule has 0 bridgehead atoms. The van der Waals surface area contributed by atoms with Gasteiger partial charge in [-0.1, -0.05) is 23.9 Å². The molecular formula is C22H25N5O5S. The van der Waals surface area contributed by atoms with Crippen molar-refractivity contribution in [1.82, 2.24) is 18.7 Å². The van der Waals surface area contributed by atoms with Crippen LogP contribution in [-0.2, 0) is 25.4 Å². The lowest BCUT2D eigenvalue weighted by Gasteiger charge is -2.19. The summed E-state index contributed by atoms with van der Waals surface area (Å²) in [4.78, 5) is 55.9. The minimum absolute atomic E-state index is 0.109. The second-order valence-electron chi connectivity index (χ2n) is 8.05. The first-order valence-electron chi connectivity index (χ1n) is 10.6. The maximum absolute atomic E-state index is 13.3. The van der Waals surface area contributed by atoms with Crippen LogP contribution in [0.25, 0.3) is 10.9 Å². The van der Waals surface area contributed by atoms with Gasteiger partial charge in [0.25, 0.3) is 11.1 Å². The monoisotopic (exact) mass is 471 g/mol. The summed E-state index contributed by atoms with van der Waals surface area (Å²) in [5, 5.41) is 0.0478. The van der Waals surface area contributed by atoms with Crippen LogP contribution in [0.4, 0.5) is 5.82 Å². The van der Waals surface area contributed by atoms with Crippen molar-refractivity contribution in [3.05, 3.63) is 61.0 Å². The Bertz CT molecular complexity index is 1420. The van der Waals surface area contributed by atoms with Crippen LogP contribution in [0.2, 0.25) is 0 Å². The third-order valence-corrected chi connectivity index (χ3v) is 6.93. The third kappa shape index (κ3) is 4.13. The molecule has 1 aliphatic heterocycles. The lowest BCUT2D eigenvalue weighted by atomic mass is 10.1. The number of nitrogen functional groups attached to an aromatic ring is 1. The zero-order chi connectivity index (χ0) is 23.9. The number of anilines is 1. The number of carbonyl (C=O) groups is 1. The fraction of sp³-hybridized carbons (Fsp3) is 0.409. The number of aromatic nitrogens is 4. The fourth-order valence-corrected chi connectivity index (χ4v) is 4.87. The number of hydrogen-bond donors (Lipinski definition) is 1. The quantitative estimate of drug-likeness (QED) is 0.319. The van der Waals surface area contributed by atoms with E-state index in [9.17, 15) is 19.2 Å². The Balaban J connectivity index is 1.76. The van der Waals surface area contributed by atoms with Gasteiger partial charge in [0.1, 0.15) is 11.4 Å². The number of ether oxygens (including phenoxy) is 1. The van der Waals surface area contributed by atoms with Gasteiger partial charge in [0.15, 0.2) is 10.9 Å². The van der Waals surface area contributed by atoms with Crippen LogP contribution in [-0.4, -0.2) is 42.4 Å². The molecule has 1 saturated heterocycles. The van der Waals surface area contributed by atoms with E-state index in [-0.39, 0.29) is 23.0 Å². The van der Waals surface area contributed by atoms with Crippen molar-refractivity contribution >= 4 is 34.3 Å². The first kappa shape index (κ1) is 23.0. The van der Waals surface area contributed by atoms with Crippen molar-refractivity contribution in [1.29, 1.82) is 0 Å². The van der Waals surface area contributed by atoms with Gasteiger partial charge in [-0.15, -0.1) is 0 Å². The number of carbonyl (C=O) groups excluding carboxylic acids is 1. The summed E-state index contributed by atoms with van der Waals surface area (Å²) < 4.78 is 9.16. The predicted octanol–water partition coefficient (Wildman–Crippen LogP) is 0.919. The van der Waals surface area contributed by atoms with E-state index in [0.29, 0.717) is 29.2 Å². The molecule has 3 heterocycles. The van der Waals surface area contributed by atoms with Crippen LogP contribution < -0.4 is 22.5 Å². The number of rotatable bonds is 6. The molecule has 1 fully saturated rings. The molecule has 2 aromatic heterocycles. The number of nitrogens with two attached hydrogens (primary N) is 1. The SMILES string of the molecule is CC(Sc1nc2ccccc2c(=O)n1CC1CCCO1)C(=O)c1c(N)n(C)c(=O)n(C)c1=O. The Morgan fingerprint density at radius 1 is 1.21 bits per heavy atom. The number of para-hydroxylation sites is 1. The molecule has 174 valence electrons. The standard InChI is InChI=1S/C22H25N5O5S/c1-12(17(28)16-18(23)25(2)22(31)26(3)20(16)30)33-21-24-15-9-5-4-8-14(15)19(29)27(21)11-13-7-6-10-32-13/h4-5,8-9,12-13H,6-7,10-11,23H2,1-3H3. The zero-order valence-electron chi connectivity index (χ0n) is 18.6. The van der Waals surface area contributed by atoms with Crippen molar-refractivity contribution in [2.24, 2.45) is 14.1 Å². The summed E-state index contributed by atoms with van der Waals surface area (Å²) in [7, 11) is 2.69. The van der Waals surface area contributed by atoms with E-state index >= 15 is 0 Å². The third-order valence-electron chi connectivity index (χ3n) is 5.84. The van der Waals surface area contributed by atoms with Gasteiger partial charge < -0.3 is 10.5 Å². The summed E-state index contributed by atoms with van der Waals surface area (Å²) in [5.41, 5.74) is 4.64. The Morgan fingerprint density at radius 2 is 1.94 bits per heavy atom. The first-order valence-corrected chi connectivity index (χ1v) is 11.5. The molecule has 0 spiro atoms. The average Bonchev–Trinajstić information content (AvgIpc) is 3.32. The number of hydrogen-bond acceptors (Lipinski definition) is 8. The number of fused-ring (bicyclic) bond motifs is 1. The van der Waals surface area contributed by atoms with Gasteiger partial charge >= 0.3 is 5.69 Å². The molecule has 0 saturated carbocycles. The first-order chi connectivity index (χ1) is 15.7. The molecule has 10 nitrogen and oxygen atoms in total. The average molecular weight is 472 g/mol. The summed E-state index contributed by atoms with van der Waals surface area (Å²) >= 11 is 1.07. The molecule has 0 radical (unpaired) electrons. The van der Waals surface area contributed by atoms with Gasteiger partial charge in [-0.2, -0.15) is 0 Å². The largest absolute Gasteiger partial charge is 0.384 e. The Morgan fingerprint density at radius 3 is 2.64 bits per heavy atom. The minimum Gasteiger partial charge on any atom is -0.384 e. The van der Waals surface area contributed by atoms with E-state index in [0.717, 1.165) is 33.7 Å². The maximum atomic E-state index is 13.3. The second-order valence-corrected chi connectivity index (χ2v) is 9.36. The summed E-state index contributed by atoms with van der Waals surface area (Å²) in [6.07, 6.45) is 1.65. The maximum Gasteiger partial charge on any atom is 0.332 e. The lowest BCUT2D eigenvalue weighted by molar-refractivity contribution is 0.0937. The molecule has 2 unspecified atom stereocenters. The van der Waals surface area contributed by atoms with E-state index in [1.807, 2.05) is 0 Å². The van der Waals surface area contributed by atoms with Crippen LogP contribution in [0, 0.1) is 0 Å². The molecule has 0 aliphatic carbocycles. The van der Waals surface area contributed by atoms with E-state index in [4.69, 9.17) is 10.5 Å². The van der Waals surface area contributed by atoms with Crippen molar-refractivity contribution in [2.75, 3.05) is 12.3 Å². The molecule has 2 atom stereocenters. The normalized spacial score (nSPS) is 16.9. The number of Topliss-reactive ketones (excluding diaryl/α,β-unsaturated/α-hetero) is 1. The number of nitrogens with zero attached hydrogens (tertiary/aromatic N) is 4. The smallest absolute Gasteiger partial charge is 0.332 e. The topological polar surface area (TPSA) is 131 Å². The van der Waals surface area contributed by atoms with Gasteiger partial charge in [-0.3, -0.25) is 28.1 Å². The highest BCUT2D eigenvalue weighted by molar-refractivity contribution is 8.00. The molecule has 1 aromatic carbocycles. The van der Waals surface area contributed by atoms with E-state index in [2.05, 4.69) is 4.98 Å². The molecule has 1 aliphatic rings. The second kappa shape index (κ2) is 8.99. The van der Waals surface area contributed by atoms with Crippen LogP contribution in [0.15, 0.2) is 43.8 Å². The van der Waals surface area contributed by atoms with Gasteiger partial charge in [0, 0.05) is 20.7 Å². The van der Waals surface area contributed by atoms with E-state index in [1.54, 1.807) is 31.2 Å². The van der Waals surface area contributed by atoms with Crippen molar-refractivity contribution < 1.29 is 9.53 Å². The number of benzene rings is 1. The lowest BCUT2D eigenvalue weighted by Crippen LogP contribution is -2.42. The molecular weight excluding hydrogens is 446 g/mol. The number of ketones is 1. The van der Waals surface area contributed by atoms with E-state index < -0.39 is 22.3 Å². The molecule has 0 amide bonds. The molecule has 2 N–H and O–H groups in total. The van der Waals surface area contributed by atoms with Gasteiger partial charge in [0.05, 0.1) is 28.8 Å². The molecule has 4 rings (SSSR count). The predicted molar refractivity (Wildman–Crippen MR) is 126 cm³/mol. The highest BCUT2D eigenvalue weighted by Gasteiger charge is 2.28. The van der Waals surface area contributed by atoms with Crippen LogP contribution in [0.5, 0.6) is 0 Å². The summed E-state index contributed by atoms with van der Waals surface area (Å²) in [5.74, 6) is -0.733. The molecule has 3 aromatic rings. The van der Waals surface area contributed by atoms with Crippen LogP contribution in [0.3, 0.4) is 0 Å². The van der Waals surface area contributed by atoms with Gasteiger partial charge in [0.2, 0.25) is 0 Å². The summed E-state index contributed by atoms with van der Waals surface area (Å²) in [6.45, 7) is 2.59. The zero-order valence-corrected chi connectivity index (χ0v) is 19.4. The highest BCUT2D eigenvalue weighted by Crippen LogP contribution is 2.26. The fourth-order valence-electron chi connectivity index (χ4n) is 3.90. The van der Waals surface area contributed by atoms with Gasteiger partial charge in [-0.25, -0.2) is 9.78 Å². The highest BCUT2D eigenvalue weighted by atomic mass is 32.2. The van der Waals surface area contributed by atoms with Gasteiger partial charge in [-0.05, 0) is 31.9 Å².